The summed E-state index contributed by atoms with van der Waals surface area (Å²) < 4.78 is 22.0. The van der Waals surface area contributed by atoms with Crippen LogP contribution in [0.2, 0.25) is 0 Å². The Morgan fingerprint density at radius 3 is 1.91 bits per heavy atom. The molecule has 0 saturated carbocycles. The molecule has 0 spiro atoms. The van der Waals surface area contributed by atoms with Crippen LogP contribution in [0, 0.1) is 11.8 Å². The zero-order valence-electron chi connectivity index (χ0n) is 19.6. The molecule has 2 fully saturated rings. The lowest BCUT2D eigenvalue weighted by atomic mass is 9.96. The van der Waals surface area contributed by atoms with E-state index in [2.05, 4.69) is 20.8 Å². The largest absolute Gasteiger partial charge is 0.394 e. The van der Waals surface area contributed by atoms with E-state index in [9.17, 15) is 35.7 Å². The van der Waals surface area contributed by atoms with Crippen LogP contribution in [0.1, 0.15) is 46.5 Å². The van der Waals surface area contributed by atoms with Gasteiger partial charge in [-0.05, 0) is 18.3 Å². The molecule has 0 aromatic carbocycles. The van der Waals surface area contributed by atoms with Crippen molar-refractivity contribution >= 4 is 0 Å². The summed E-state index contributed by atoms with van der Waals surface area (Å²) in [6, 6.07) is 0. The Morgan fingerprint density at radius 1 is 0.697 bits per heavy atom. The van der Waals surface area contributed by atoms with E-state index in [1.165, 1.54) is 0 Å². The number of rotatable bonds is 12. The molecule has 2 saturated heterocycles. The van der Waals surface area contributed by atoms with E-state index in [1.54, 1.807) is 0 Å². The molecule has 2 aliphatic rings. The normalized spacial score (nSPS) is 40.8. The van der Waals surface area contributed by atoms with Gasteiger partial charge in [-0.25, -0.2) is 0 Å². The molecule has 0 aromatic rings. The van der Waals surface area contributed by atoms with Crippen LogP contribution < -0.4 is 0 Å². The van der Waals surface area contributed by atoms with Crippen LogP contribution >= 0.6 is 0 Å². The van der Waals surface area contributed by atoms with Crippen LogP contribution in [-0.2, 0) is 18.9 Å². The van der Waals surface area contributed by atoms with Gasteiger partial charge in [-0.15, -0.1) is 0 Å². The fourth-order valence-corrected chi connectivity index (χ4v) is 4.10. The van der Waals surface area contributed by atoms with Crippen molar-refractivity contribution in [1.29, 1.82) is 0 Å². The minimum Gasteiger partial charge on any atom is -0.394 e. The Hall–Kier alpha value is -0.440. The maximum absolute atomic E-state index is 10.6. The molecule has 2 aliphatic heterocycles. The van der Waals surface area contributed by atoms with E-state index in [1.807, 2.05) is 0 Å². The van der Waals surface area contributed by atoms with Gasteiger partial charge in [0.1, 0.15) is 48.8 Å². The molecule has 11 nitrogen and oxygen atoms in total. The molecule has 33 heavy (non-hydrogen) atoms. The Kier molecular flexibility index (Phi) is 11.9. The van der Waals surface area contributed by atoms with Crippen molar-refractivity contribution in [2.75, 3.05) is 19.8 Å². The lowest BCUT2D eigenvalue weighted by molar-refractivity contribution is -0.359. The van der Waals surface area contributed by atoms with Crippen LogP contribution in [0.5, 0.6) is 0 Å². The maximum Gasteiger partial charge on any atom is 0.187 e. The van der Waals surface area contributed by atoms with Crippen molar-refractivity contribution in [3.8, 4) is 0 Å². The number of hydrogen-bond donors (Lipinski definition) is 7. The minimum absolute atomic E-state index is 0.299. The Morgan fingerprint density at radius 2 is 1.30 bits per heavy atom. The second kappa shape index (κ2) is 13.6. The molecular formula is C22H42O11. The van der Waals surface area contributed by atoms with E-state index in [-0.39, 0.29) is 0 Å². The van der Waals surface area contributed by atoms with Crippen molar-refractivity contribution < 1.29 is 54.7 Å². The molecule has 0 bridgehead atoms. The Bertz CT molecular complexity index is 546. The second-order valence-electron chi connectivity index (χ2n) is 9.59. The topological polar surface area (TPSA) is 179 Å². The van der Waals surface area contributed by atoms with Crippen molar-refractivity contribution in [2.24, 2.45) is 11.8 Å². The van der Waals surface area contributed by atoms with Crippen LogP contribution in [0.15, 0.2) is 0 Å². The minimum atomic E-state index is -1.70. The summed E-state index contributed by atoms with van der Waals surface area (Å²) in [7, 11) is 0. The molecule has 0 aromatic heterocycles. The molecule has 7 N–H and O–H groups in total. The van der Waals surface area contributed by atoms with Crippen LogP contribution in [0.3, 0.4) is 0 Å². The van der Waals surface area contributed by atoms with Crippen molar-refractivity contribution in [3.63, 3.8) is 0 Å². The monoisotopic (exact) mass is 482 g/mol. The molecule has 1 unspecified atom stereocenters. The fraction of sp³-hybridized carbons (Fsp3) is 1.00. The summed E-state index contributed by atoms with van der Waals surface area (Å²) in [4.78, 5) is 0. The Balaban J connectivity index is 1.90. The van der Waals surface area contributed by atoms with Gasteiger partial charge in [-0.3, -0.25) is 0 Å². The van der Waals surface area contributed by atoms with E-state index in [0.29, 0.717) is 18.4 Å². The molecule has 11 heteroatoms. The van der Waals surface area contributed by atoms with Gasteiger partial charge in [0.2, 0.25) is 0 Å². The van der Waals surface area contributed by atoms with Crippen molar-refractivity contribution in [2.45, 2.75) is 108 Å². The number of aliphatic hydroxyl groups is 7. The first-order chi connectivity index (χ1) is 15.6. The maximum atomic E-state index is 10.6. The highest BCUT2D eigenvalue weighted by Crippen LogP contribution is 2.29. The zero-order valence-corrected chi connectivity index (χ0v) is 19.6. The van der Waals surface area contributed by atoms with Gasteiger partial charge in [0, 0.05) is 0 Å². The first-order valence-electron chi connectivity index (χ1n) is 11.8. The van der Waals surface area contributed by atoms with Gasteiger partial charge < -0.3 is 54.7 Å². The van der Waals surface area contributed by atoms with Crippen LogP contribution in [0.25, 0.3) is 0 Å². The fourth-order valence-electron chi connectivity index (χ4n) is 4.10. The molecule has 2 rings (SSSR count). The standard InChI is InChI=1S/C22H42O11/c1-11(2)5-4-6-12(3)7-8-30-21-19(29)17(27)20(14(10-24)32-21)33-22-18(28)16(26)15(25)13(9-23)31-22/h11-29H,4-10H2,1-3H3/t12?,13-,14-,15-,16+,17-,18-,19-,20-,21-,22-/m1/s1. The molecule has 0 radical (unpaired) electrons. The molecule has 11 atom stereocenters. The smallest absolute Gasteiger partial charge is 0.187 e. The van der Waals surface area contributed by atoms with Crippen molar-refractivity contribution in [3.05, 3.63) is 0 Å². The highest BCUT2D eigenvalue weighted by Gasteiger charge is 2.50. The molecular weight excluding hydrogens is 440 g/mol. The molecule has 0 aliphatic carbocycles. The first kappa shape index (κ1) is 28.8. The molecule has 196 valence electrons. The van der Waals surface area contributed by atoms with Gasteiger partial charge in [0.05, 0.1) is 19.8 Å². The van der Waals surface area contributed by atoms with E-state index in [4.69, 9.17) is 18.9 Å². The third-order valence-corrected chi connectivity index (χ3v) is 6.33. The lowest BCUT2D eigenvalue weighted by Crippen LogP contribution is -2.64. The molecule has 2 heterocycles. The summed E-state index contributed by atoms with van der Waals surface area (Å²) in [5, 5.41) is 70.1. The highest BCUT2D eigenvalue weighted by molar-refractivity contribution is 4.94. The average molecular weight is 483 g/mol. The van der Waals surface area contributed by atoms with E-state index < -0.39 is 74.6 Å². The second-order valence-corrected chi connectivity index (χ2v) is 9.59. The van der Waals surface area contributed by atoms with Gasteiger partial charge in [0.15, 0.2) is 12.6 Å². The molecule has 0 amide bonds. The van der Waals surface area contributed by atoms with Crippen LogP contribution in [0.4, 0.5) is 0 Å². The van der Waals surface area contributed by atoms with Crippen LogP contribution in [-0.4, -0.2) is 117 Å². The van der Waals surface area contributed by atoms with Crippen molar-refractivity contribution in [1.82, 2.24) is 0 Å². The highest BCUT2D eigenvalue weighted by atomic mass is 16.7. The summed E-state index contributed by atoms with van der Waals surface area (Å²) in [6.45, 7) is 5.56. The summed E-state index contributed by atoms with van der Waals surface area (Å²) >= 11 is 0. The SMILES string of the molecule is CC(C)CCCC(C)CCO[C@@H]1O[C@H](CO)[C@@H](O[C@H]2O[C@H](CO)[C@@H](O)[C@H](O)[C@H]2O)[C@H](O)[C@H]1O. The predicted octanol–water partition coefficient (Wildman–Crippen LogP) is -1.52. The third kappa shape index (κ3) is 7.77. The van der Waals surface area contributed by atoms with Gasteiger partial charge in [0.25, 0.3) is 0 Å². The quantitative estimate of drug-likeness (QED) is 0.172. The number of ether oxygens (including phenoxy) is 4. The summed E-state index contributed by atoms with van der Waals surface area (Å²) in [5.41, 5.74) is 0. The van der Waals surface area contributed by atoms with Gasteiger partial charge >= 0.3 is 0 Å². The lowest BCUT2D eigenvalue weighted by Gasteiger charge is -2.46. The predicted molar refractivity (Wildman–Crippen MR) is 115 cm³/mol. The zero-order chi connectivity index (χ0) is 24.7. The van der Waals surface area contributed by atoms with Gasteiger partial charge in [-0.1, -0.05) is 40.0 Å². The summed E-state index contributed by atoms with van der Waals surface area (Å²) in [5.74, 6) is 1.08. The Labute approximate surface area is 194 Å². The van der Waals surface area contributed by atoms with Gasteiger partial charge in [-0.2, -0.15) is 0 Å². The summed E-state index contributed by atoms with van der Waals surface area (Å²) in [6.07, 6.45) is -10.3. The van der Waals surface area contributed by atoms with E-state index >= 15 is 0 Å². The first-order valence-corrected chi connectivity index (χ1v) is 11.8. The third-order valence-electron chi connectivity index (χ3n) is 6.33. The average Bonchev–Trinajstić information content (AvgIpc) is 2.78. The van der Waals surface area contributed by atoms with E-state index in [0.717, 1.165) is 25.7 Å². The number of aliphatic hydroxyl groups excluding tert-OH is 7. The number of hydrogen-bond acceptors (Lipinski definition) is 11.